The number of hydrogen-bond acceptors (Lipinski definition) is 6. The van der Waals surface area contributed by atoms with Gasteiger partial charge in [0.1, 0.15) is 11.6 Å². The third kappa shape index (κ3) is 3.81. The summed E-state index contributed by atoms with van der Waals surface area (Å²) in [6, 6.07) is 12.6. The quantitative estimate of drug-likeness (QED) is 0.497. The Morgan fingerprint density at radius 2 is 1.96 bits per heavy atom. The lowest BCUT2D eigenvalue weighted by molar-refractivity contribution is 0.415. The number of aromatic amines is 2. The molecule has 4 aromatic rings. The van der Waals surface area contributed by atoms with E-state index in [1.54, 1.807) is 25.3 Å². The number of nitrogens with zero attached hydrogens (tertiary/aromatic N) is 3. The summed E-state index contributed by atoms with van der Waals surface area (Å²) in [6.07, 6.45) is 0. The van der Waals surface area contributed by atoms with Gasteiger partial charge in [-0.3, -0.25) is 9.89 Å². The smallest absolute Gasteiger partial charge is 0.258 e. The van der Waals surface area contributed by atoms with Gasteiger partial charge in [-0.2, -0.15) is 0 Å². The number of thioether (sulfide) groups is 1. The van der Waals surface area contributed by atoms with Gasteiger partial charge in [-0.1, -0.05) is 23.4 Å². The van der Waals surface area contributed by atoms with Gasteiger partial charge in [-0.05, 0) is 42.5 Å². The lowest BCUT2D eigenvalue weighted by Gasteiger charge is -2.02. The van der Waals surface area contributed by atoms with Gasteiger partial charge in [-0.25, -0.2) is 9.97 Å². The van der Waals surface area contributed by atoms with Crippen molar-refractivity contribution in [3.05, 3.63) is 63.7 Å². The number of rotatable bonds is 5. The van der Waals surface area contributed by atoms with Gasteiger partial charge in [0, 0.05) is 10.6 Å². The Labute approximate surface area is 163 Å². The van der Waals surface area contributed by atoms with Crippen molar-refractivity contribution in [1.82, 2.24) is 25.1 Å². The molecule has 9 heteroatoms. The number of benzene rings is 2. The second-order valence-corrected chi connectivity index (χ2v) is 7.04. The molecule has 0 atom stereocenters. The summed E-state index contributed by atoms with van der Waals surface area (Å²) >= 11 is 7.31. The zero-order valence-electron chi connectivity index (χ0n) is 14.2. The zero-order chi connectivity index (χ0) is 18.8. The second kappa shape index (κ2) is 7.42. The van der Waals surface area contributed by atoms with Crippen LogP contribution in [0.4, 0.5) is 0 Å². The van der Waals surface area contributed by atoms with Crippen LogP contribution in [0.15, 0.2) is 52.4 Å². The molecule has 27 heavy (non-hydrogen) atoms. The molecule has 0 saturated carbocycles. The van der Waals surface area contributed by atoms with Gasteiger partial charge in [-0.15, -0.1) is 5.10 Å². The molecule has 2 N–H and O–H groups in total. The van der Waals surface area contributed by atoms with Crippen LogP contribution in [0.5, 0.6) is 5.75 Å². The van der Waals surface area contributed by atoms with E-state index in [4.69, 9.17) is 16.3 Å². The van der Waals surface area contributed by atoms with Crippen LogP contribution in [-0.2, 0) is 5.75 Å². The van der Waals surface area contributed by atoms with Crippen molar-refractivity contribution in [1.29, 1.82) is 0 Å². The molecule has 136 valence electrons. The fourth-order valence-corrected chi connectivity index (χ4v) is 3.39. The number of hydrogen-bond donors (Lipinski definition) is 2. The van der Waals surface area contributed by atoms with Crippen LogP contribution in [0.25, 0.3) is 22.3 Å². The molecule has 7 nitrogen and oxygen atoms in total. The van der Waals surface area contributed by atoms with Gasteiger partial charge in [0.15, 0.2) is 5.82 Å². The molecule has 2 aromatic carbocycles. The first-order valence-electron chi connectivity index (χ1n) is 8.00. The molecule has 0 amide bonds. The van der Waals surface area contributed by atoms with Crippen molar-refractivity contribution in [3.63, 3.8) is 0 Å². The van der Waals surface area contributed by atoms with E-state index in [1.165, 1.54) is 11.8 Å². The Morgan fingerprint density at radius 1 is 1.15 bits per heavy atom. The van der Waals surface area contributed by atoms with E-state index in [9.17, 15) is 4.79 Å². The second-order valence-electron chi connectivity index (χ2n) is 5.66. The van der Waals surface area contributed by atoms with Crippen molar-refractivity contribution in [2.24, 2.45) is 0 Å². The van der Waals surface area contributed by atoms with Crippen LogP contribution in [0.3, 0.4) is 0 Å². The first-order chi connectivity index (χ1) is 13.1. The molecule has 0 radical (unpaired) electrons. The summed E-state index contributed by atoms with van der Waals surface area (Å²) in [5.74, 6) is 2.43. The van der Waals surface area contributed by atoms with Gasteiger partial charge in [0.05, 0.1) is 23.8 Å². The zero-order valence-corrected chi connectivity index (χ0v) is 15.8. The molecule has 2 aromatic heterocycles. The highest BCUT2D eigenvalue weighted by Crippen LogP contribution is 2.23. The van der Waals surface area contributed by atoms with Gasteiger partial charge < -0.3 is 9.72 Å². The fourth-order valence-electron chi connectivity index (χ4n) is 2.55. The predicted molar refractivity (Wildman–Crippen MR) is 105 cm³/mol. The first kappa shape index (κ1) is 17.6. The predicted octanol–water partition coefficient (Wildman–Crippen LogP) is 3.66. The Bertz CT molecular complexity index is 1160. The first-order valence-corrected chi connectivity index (χ1v) is 9.37. The van der Waals surface area contributed by atoms with E-state index in [-0.39, 0.29) is 5.56 Å². The molecular formula is C18H14ClN5O2S. The van der Waals surface area contributed by atoms with E-state index in [0.717, 1.165) is 11.3 Å². The monoisotopic (exact) mass is 399 g/mol. The van der Waals surface area contributed by atoms with Crippen molar-refractivity contribution < 1.29 is 4.74 Å². The number of ether oxygens (including phenoxy) is 1. The molecule has 0 aliphatic carbocycles. The minimum atomic E-state index is -0.216. The highest BCUT2D eigenvalue weighted by atomic mass is 35.5. The minimum Gasteiger partial charge on any atom is -0.497 e. The maximum Gasteiger partial charge on any atom is 0.258 e. The lowest BCUT2D eigenvalue weighted by atomic mass is 10.2. The average Bonchev–Trinajstić information content (AvgIpc) is 3.16. The SMILES string of the molecule is COc1ccc(-c2nc(SCc3nc4ccc(Cl)cc4c(=O)[nH]3)n[nH]2)cc1. The summed E-state index contributed by atoms with van der Waals surface area (Å²) in [4.78, 5) is 23.9. The van der Waals surface area contributed by atoms with E-state index < -0.39 is 0 Å². The van der Waals surface area contributed by atoms with Crippen LogP contribution in [0.1, 0.15) is 5.82 Å². The van der Waals surface area contributed by atoms with Crippen LogP contribution in [0, 0.1) is 0 Å². The average molecular weight is 400 g/mol. The van der Waals surface area contributed by atoms with Gasteiger partial charge >= 0.3 is 0 Å². The number of methoxy groups -OCH3 is 1. The third-order valence-electron chi connectivity index (χ3n) is 3.88. The van der Waals surface area contributed by atoms with E-state index >= 15 is 0 Å². The van der Waals surface area contributed by atoms with E-state index in [2.05, 4.69) is 25.1 Å². The van der Waals surface area contributed by atoms with Crippen LogP contribution in [0.2, 0.25) is 5.02 Å². The standard InChI is InChI=1S/C18H14ClN5O2S/c1-26-12-5-2-10(3-6-12)16-22-18(24-23-16)27-9-15-20-14-7-4-11(19)8-13(14)17(25)21-15/h2-8H,9H2,1H3,(H,20,21,25)(H,22,23,24). The summed E-state index contributed by atoms with van der Waals surface area (Å²) in [7, 11) is 1.62. The van der Waals surface area contributed by atoms with E-state index in [0.29, 0.717) is 38.5 Å². The Morgan fingerprint density at radius 3 is 2.74 bits per heavy atom. The number of H-pyrrole nitrogens is 2. The van der Waals surface area contributed by atoms with Crippen LogP contribution >= 0.6 is 23.4 Å². The van der Waals surface area contributed by atoms with Crippen molar-refractivity contribution in [2.45, 2.75) is 10.9 Å². The highest BCUT2D eigenvalue weighted by Gasteiger charge is 2.09. The summed E-state index contributed by atoms with van der Waals surface area (Å²) < 4.78 is 5.15. The summed E-state index contributed by atoms with van der Waals surface area (Å²) in [5.41, 5.74) is 1.30. The molecule has 0 aliphatic heterocycles. The molecular weight excluding hydrogens is 386 g/mol. The maximum absolute atomic E-state index is 12.2. The topological polar surface area (TPSA) is 96.6 Å². The molecule has 0 bridgehead atoms. The Kier molecular flexibility index (Phi) is 4.83. The molecule has 4 rings (SSSR count). The largest absolute Gasteiger partial charge is 0.497 e. The summed E-state index contributed by atoms with van der Waals surface area (Å²) in [6.45, 7) is 0. The Balaban J connectivity index is 1.50. The van der Waals surface area contributed by atoms with Gasteiger partial charge in [0.25, 0.3) is 5.56 Å². The van der Waals surface area contributed by atoms with Crippen molar-refractivity contribution in [3.8, 4) is 17.1 Å². The van der Waals surface area contributed by atoms with Crippen LogP contribution in [-0.4, -0.2) is 32.3 Å². The fraction of sp³-hybridized carbons (Fsp3) is 0.111. The third-order valence-corrected chi connectivity index (χ3v) is 4.98. The molecule has 0 spiro atoms. The Hall–Kier alpha value is -2.84. The number of halogens is 1. The van der Waals surface area contributed by atoms with Crippen molar-refractivity contribution >= 4 is 34.3 Å². The highest BCUT2D eigenvalue weighted by molar-refractivity contribution is 7.98. The maximum atomic E-state index is 12.2. The lowest BCUT2D eigenvalue weighted by Crippen LogP contribution is -2.11. The molecule has 0 aliphatic rings. The molecule has 0 fully saturated rings. The summed E-state index contributed by atoms with van der Waals surface area (Å²) in [5, 5.41) is 8.66. The van der Waals surface area contributed by atoms with E-state index in [1.807, 2.05) is 24.3 Å². The molecule has 2 heterocycles. The minimum absolute atomic E-state index is 0.216. The van der Waals surface area contributed by atoms with Crippen LogP contribution < -0.4 is 10.3 Å². The number of nitrogens with one attached hydrogen (secondary N) is 2. The molecule has 0 saturated heterocycles. The normalized spacial score (nSPS) is 11.0. The van der Waals surface area contributed by atoms with Crippen molar-refractivity contribution in [2.75, 3.05) is 7.11 Å². The number of fused-ring (bicyclic) bond motifs is 1. The molecule has 0 unspecified atom stereocenters. The van der Waals surface area contributed by atoms with Gasteiger partial charge in [0.2, 0.25) is 5.16 Å². The number of aromatic nitrogens is 5.